The molecule has 178 valence electrons. The van der Waals surface area contributed by atoms with Crippen molar-refractivity contribution in [2.45, 2.75) is 51.8 Å². The Morgan fingerprint density at radius 3 is 2.16 bits per heavy atom. The van der Waals surface area contributed by atoms with Gasteiger partial charge in [-0.1, -0.05) is 24.3 Å². The highest BCUT2D eigenvalue weighted by Crippen LogP contribution is 2.40. The Labute approximate surface area is 189 Å². The zero-order chi connectivity index (χ0) is 22.5. The van der Waals surface area contributed by atoms with E-state index in [1.807, 2.05) is 13.0 Å². The van der Waals surface area contributed by atoms with Crippen LogP contribution in [0.2, 0.25) is 0 Å². The van der Waals surface area contributed by atoms with Crippen molar-refractivity contribution in [3.8, 4) is 0 Å². The zero-order valence-electron chi connectivity index (χ0n) is 18.9. The van der Waals surface area contributed by atoms with Gasteiger partial charge in [-0.3, -0.25) is 0 Å². The van der Waals surface area contributed by atoms with Crippen molar-refractivity contribution >= 4 is 0 Å². The van der Waals surface area contributed by atoms with Crippen molar-refractivity contribution in [3.05, 3.63) is 47.0 Å². The third-order valence-corrected chi connectivity index (χ3v) is 6.95. The standard InChI is InChI=1S/C25H34F2O5/c1-3-4-16-11-29-24(30-12-16)18-7-5-17(6-8-18)20-14-31-25(32-15-20)21-10-9-19(13-28-2)22(26)23(21)27/h3-4,9-10,16-18,20,24-25H,5-8,11-15H2,1-2H3/b4-3+. The molecule has 3 aliphatic rings. The van der Waals surface area contributed by atoms with E-state index in [1.54, 1.807) is 0 Å². The SMILES string of the molecule is C/C=C/C1COC(C2CCC(C3COC(c4ccc(COC)c(F)c4F)OC3)CC2)OC1. The minimum absolute atomic E-state index is 0.0213. The summed E-state index contributed by atoms with van der Waals surface area (Å²) in [6.45, 7) is 4.47. The molecule has 2 saturated heterocycles. The molecule has 0 N–H and O–H groups in total. The van der Waals surface area contributed by atoms with Crippen LogP contribution >= 0.6 is 0 Å². The Kier molecular flexibility index (Phi) is 8.29. The molecule has 3 fully saturated rings. The predicted molar refractivity (Wildman–Crippen MR) is 115 cm³/mol. The summed E-state index contributed by atoms with van der Waals surface area (Å²) in [5.41, 5.74) is 0.287. The van der Waals surface area contributed by atoms with Crippen LogP contribution in [0.1, 0.15) is 50.0 Å². The topological polar surface area (TPSA) is 46.2 Å². The molecule has 1 aromatic rings. The molecule has 0 spiro atoms. The first-order valence-corrected chi connectivity index (χ1v) is 11.7. The van der Waals surface area contributed by atoms with E-state index in [4.69, 9.17) is 23.7 Å². The van der Waals surface area contributed by atoms with E-state index in [-0.39, 0.29) is 29.9 Å². The summed E-state index contributed by atoms with van der Waals surface area (Å²) < 4.78 is 57.2. The molecule has 1 saturated carbocycles. The fourth-order valence-corrected chi connectivity index (χ4v) is 5.10. The van der Waals surface area contributed by atoms with Crippen LogP contribution in [-0.2, 0) is 30.3 Å². The number of hydrogen-bond donors (Lipinski definition) is 0. The Bertz CT molecular complexity index is 762. The van der Waals surface area contributed by atoms with Crippen molar-refractivity contribution in [2.24, 2.45) is 23.7 Å². The van der Waals surface area contributed by atoms with Gasteiger partial charge in [-0.2, -0.15) is 0 Å². The summed E-state index contributed by atoms with van der Waals surface area (Å²) in [6, 6.07) is 3.04. The lowest BCUT2D eigenvalue weighted by atomic mass is 9.75. The third-order valence-electron chi connectivity index (χ3n) is 6.95. The fourth-order valence-electron chi connectivity index (χ4n) is 5.10. The van der Waals surface area contributed by atoms with Crippen LogP contribution in [0.5, 0.6) is 0 Å². The zero-order valence-corrected chi connectivity index (χ0v) is 18.9. The van der Waals surface area contributed by atoms with Crippen LogP contribution < -0.4 is 0 Å². The number of halogens is 2. The van der Waals surface area contributed by atoms with E-state index in [2.05, 4.69) is 6.08 Å². The number of methoxy groups -OCH3 is 1. The minimum atomic E-state index is -0.923. The molecule has 0 atom stereocenters. The van der Waals surface area contributed by atoms with Crippen LogP contribution in [0.3, 0.4) is 0 Å². The van der Waals surface area contributed by atoms with E-state index in [0.29, 0.717) is 31.0 Å². The Hall–Kier alpha value is -1.38. The fraction of sp³-hybridized carbons (Fsp3) is 0.680. The van der Waals surface area contributed by atoms with Crippen molar-refractivity contribution in [1.29, 1.82) is 0 Å². The largest absolute Gasteiger partial charge is 0.380 e. The lowest BCUT2D eigenvalue weighted by Crippen LogP contribution is -2.40. The summed E-state index contributed by atoms with van der Waals surface area (Å²) in [5, 5.41) is 0. The Balaban J connectivity index is 1.24. The van der Waals surface area contributed by atoms with Crippen LogP contribution in [0.15, 0.2) is 24.3 Å². The number of benzene rings is 1. The molecule has 0 bridgehead atoms. The molecule has 32 heavy (non-hydrogen) atoms. The van der Waals surface area contributed by atoms with Gasteiger partial charge in [0, 0.05) is 36.0 Å². The maximum Gasteiger partial charge on any atom is 0.186 e. The second-order valence-corrected chi connectivity index (χ2v) is 9.13. The van der Waals surface area contributed by atoms with Gasteiger partial charge in [-0.25, -0.2) is 8.78 Å². The van der Waals surface area contributed by atoms with E-state index >= 15 is 0 Å². The molecule has 0 radical (unpaired) electrons. The summed E-state index contributed by atoms with van der Waals surface area (Å²) in [5.74, 6) is -0.281. The summed E-state index contributed by atoms with van der Waals surface area (Å²) in [6.07, 6.45) is 7.48. The van der Waals surface area contributed by atoms with Crippen molar-refractivity contribution < 1.29 is 32.5 Å². The van der Waals surface area contributed by atoms with E-state index < -0.39 is 17.9 Å². The highest BCUT2D eigenvalue weighted by Gasteiger charge is 2.37. The first-order chi connectivity index (χ1) is 15.6. The van der Waals surface area contributed by atoms with Gasteiger partial charge in [0.05, 0.1) is 33.0 Å². The average Bonchev–Trinajstić information content (AvgIpc) is 2.83. The third kappa shape index (κ3) is 5.39. The van der Waals surface area contributed by atoms with Crippen molar-refractivity contribution in [1.82, 2.24) is 0 Å². The molecule has 0 aromatic heterocycles. The lowest BCUT2D eigenvalue weighted by molar-refractivity contribution is -0.230. The van der Waals surface area contributed by atoms with E-state index in [9.17, 15) is 8.78 Å². The molecule has 0 amide bonds. The van der Waals surface area contributed by atoms with Crippen LogP contribution in [0.25, 0.3) is 0 Å². The smallest absolute Gasteiger partial charge is 0.186 e. The van der Waals surface area contributed by atoms with E-state index in [1.165, 1.54) is 19.2 Å². The van der Waals surface area contributed by atoms with Crippen molar-refractivity contribution in [2.75, 3.05) is 33.5 Å². The molecular formula is C25H34F2O5. The quantitative estimate of drug-likeness (QED) is 0.559. The second kappa shape index (κ2) is 11.2. The highest BCUT2D eigenvalue weighted by molar-refractivity contribution is 5.27. The minimum Gasteiger partial charge on any atom is -0.380 e. The van der Waals surface area contributed by atoms with Gasteiger partial charge in [0.1, 0.15) is 0 Å². The van der Waals surface area contributed by atoms with Gasteiger partial charge in [-0.15, -0.1) is 0 Å². The molecule has 4 rings (SSSR count). The van der Waals surface area contributed by atoms with Gasteiger partial charge < -0.3 is 23.7 Å². The lowest BCUT2D eigenvalue weighted by Gasteiger charge is -2.40. The average molecular weight is 453 g/mol. The first kappa shape index (κ1) is 23.8. The maximum absolute atomic E-state index is 14.5. The molecule has 5 nitrogen and oxygen atoms in total. The van der Waals surface area contributed by atoms with Crippen LogP contribution in [-0.4, -0.2) is 39.8 Å². The predicted octanol–water partition coefficient (Wildman–Crippen LogP) is 5.14. The molecule has 1 aromatic carbocycles. The second-order valence-electron chi connectivity index (χ2n) is 9.13. The molecule has 2 heterocycles. The Morgan fingerprint density at radius 2 is 1.53 bits per heavy atom. The van der Waals surface area contributed by atoms with Crippen LogP contribution in [0, 0.1) is 35.3 Å². The summed E-state index contributed by atoms with van der Waals surface area (Å²) in [7, 11) is 1.45. The van der Waals surface area contributed by atoms with Gasteiger partial charge in [0.25, 0.3) is 0 Å². The molecular weight excluding hydrogens is 418 g/mol. The van der Waals surface area contributed by atoms with E-state index in [0.717, 1.165) is 38.9 Å². The summed E-state index contributed by atoms with van der Waals surface area (Å²) in [4.78, 5) is 0. The summed E-state index contributed by atoms with van der Waals surface area (Å²) >= 11 is 0. The Morgan fingerprint density at radius 1 is 0.875 bits per heavy atom. The first-order valence-electron chi connectivity index (χ1n) is 11.7. The monoisotopic (exact) mass is 452 g/mol. The number of ether oxygens (including phenoxy) is 5. The van der Waals surface area contributed by atoms with Gasteiger partial charge in [0.15, 0.2) is 24.2 Å². The number of hydrogen-bond acceptors (Lipinski definition) is 5. The molecule has 1 aliphatic carbocycles. The normalized spacial score (nSPS) is 34.1. The van der Waals surface area contributed by atoms with Crippen LogP contribution in [0.4, 0.5) is 8.78 Å². The van der Waals surface area contributed by atoms with Gasteiger partial charge in [0.2, 0.25) is 0 Å². The number of rotatable bonds is 6. The van der Waals surface area contributed by atoms with Gasteiger partial charge >= 0.3 is 0 Å². The van der Waals surface area contributed by atoms with Gasteiger partial charge in [-0.05, 0) is 38.5 Å². The molecule has 7 heteroatoms. The molecule has 0 unspecified atom stereocenters. The van der Waals surface area contributed by atoms with Crippen molar-refractivity contribution in [3.63, 3.8) is 0 Å². The maximum atomic E-state index is 14.5. The number of allylic oxidation sites excluding steroid dienone is 1. The highest BCUT2D eigenvalue weighted by atomic mass is 19.2. The molecule has 2 aliphatic heterocycles.